The van der Waals surface area contributed by atoms with E-state index in [2.05, 4.69) is 11.4 Å². The molecule has 0 radical (unpaired) electrons. The second kappa shape index (κ2) is 5.39. The van der Waals surface area contributed by atoms with Crippen LogP contribution in [0.2, 0.25) is 10.0 Å². The molecule has 0 saturated carbocycles. The largest absolute Gasteiger partial charge is 0.461 e. The average Bonchev–Trinajstić information content (AvgIpc) is 2.71. The first-order valence-electron chi connectivity index (χ1n) is 6.30. The third-order valence-electron chi connectivity index (χ3n) is 3.23. The number of para-hydroxylation sites is 1. The summed E-state index contributed by atoms with van der Waals surface area (Å²) in [5.41, 5.74) is 2.95. The number of anilines is 1. The number of rotatable bonds is 3. The van der Waals surface area contributed by atoms with Crippen LogP contribution in [0.25, 0.3) is 11.0 Å². The minimum atomic E-state index is 0.619. The number of halogens is 2. The Kier molecular flexibility index (Phi) is 3.60. The Labute approximate surface area is 127 Å². The zero-order valence-electron chi connectivity index (χ0n) is 10.9. The lowest BCUT2D eigenvalue weighted by Gasteiger charge is -2.07. The van der Waals surface area contributed by atoms with Crippen LogP contribution >= 0.6 is 23.2 Å². The molecule has 0 aliphatic rings. The third-order valence-corrected chi connectivity index (χ3v) is 3.67. The first-order chi connectivity index (χ1) is 9.63. The highest BCUT2D eigenvalue weighted by molar-refractivity contribution is 6.35. The van der Waals surface area contributed by atoms with Gasteiger partial charge in [-0.2, -0.15) is 0 Å². The SMILES string of the molecule is Cc1oc2ccccc2c1CNc1cc(Cl)cc(Cl)c1. The molecule has 1 heterocycles. The van der Waals surface area contributed by atoms with Gasteiger partial charge in [-0.15, -0.1) is 0 Å². The first-order valence-corrected chi connectivity index (χ1v) is 7.06. The zero-order chi connectivity index (χ0) is 14.1. The highest BCUT2D eigenvalue weighted by atomic mass is 35.5. The molecule has 1 aromatic heterocycles. The molecule has 2 aromatic carbocycles. The summed E-state index contributed by atoms with van der Waals surface area (Å²) in [6.07, 6.45) is 0. The van der Waals surface area contributed by atoms with E-state index in [9.17, 15) is 0 Å². The Morgan fingerprint density at radius 3 is 2.50 bits per heavy atom. The number of hydrogen-bond acceptors (Lipinski definition) is 2. The summed E-state index contributed by atoms with van der Waals surface area (Å²) in [5.74, 6) is 0.923. The molecule has 2 nitrogen and oxygen atoms in total. The molecular weight excluding hydrogens is 293 g/mol. The van der Waals surface area contributed by atoms with Gasteiger partial charge in [-0.3, -0.25) is 0 Å². The van der Waals surface area contributed by atoms with Gasteiger partial charge >= 0.3 is 0 Å². The number of aryl methyl sites for hydroxylation is 1. The molecule has 0 unspecified atom stereocenters. The van der Waals surface area contributed by atoms with Crippen LogP contribution in [0.4, 0.5) is 5.69 Å². The van der Waals surface area contributed by atoms with Gasteiger partial charge in [0, 0.05) is 33.2 Å². The van der Waals surface area contributed by atoms with Gasteiger partial charge in [0.1, 0.15) is 11.3 Å². The smallest absolute Gasteiger partial charge is 0.134 e. The summed E-state index contributed by atoms with van der Waals surface area (Å²) < 4.78 is 5.74. The summed E-state index contributed by atoms with van der Waals surface area (Å²) >= 11 is 12.0. The Morgan fingerprint density at radius 2 is 1.75 bits per heavy atom. The van der Waals surface area contributed by atoms with Crippen LogP contribution in [-0.4, -0.2) is 0 Å². The first kappa shape index (κ1) is 13.3. The molecule has 3 rings (SSSR count). The van der Waals surface area contributed by atoms with E-state index in [-0.39, 0.29) is 0 Å². The van der Waals surface area contributed by atoms with Gasteiger partial charge in [0.25, 0.3) is 0 Å². The molecule has 20 heavy (non-hydrogen) atoms. The van der Waals surface area contributed by atoms with Crippen molar-refractivity contribution in [1.29, 1.82) is 0 Å². The Bertz CT molecular complexity index is 744. The second-order valence-corrected chi connectivity index (χ2v) is 5.52. The Hall–Kier alpha value is -1.64. The van der Waals surface area contributed by atoms with E-state index in [1.807, 2.05) is 37.3 Å². The molecule has 1 N–H and O–H groups in total. The molecule has 0 bridgehead atoms. The van der Waals surface area contributed by atoms with Crippen molar-refractivity contribution in [2.75, 3.05) is 5.32 Å². The number of furan rings is 1. The van der Waals surface area contributed by atoms with Gasteiger partial charge < -0.3 is 9.73 Å². The monoisotopic (exact) mass is 305 g/mol. The van der Waals surface area contributed by atoms with Gasteiger partial charge in [0.05, 0.1) is 0 Å². The van der Waals surface area contributed by atoms with Gasteiger partial charge in [0.2, 0.25) is 0 Å². The van der Waals surface area contributed by atoms with Crippen molar-refractivity contribution in [3.63, 3.8) is 0 Å². The molecule has 4 heteroatoms. The lowest BCUT2D eigenvalue weighted by atomic mass is 10.1. The topological polar surface area (TPSA) is 25.2 Å². The third kappa shape index (κ3) is 2.62. The lowest BCUT2D eigenvalue weighted by Crippen LogP contribution is -2.00. The Morgan fingerprint density at radius 1 is 1.05 bits per heavy atom. The average molecular weight is 306 g/mol. The molecule has 0 atom stereocenters. The van der Waals surface area contributed by atoms with E-state index < -0.39 is 0 Å². The van der Waals surface area contributed by atoms with Crippen LogP contribution in [0.5, 0.6) is 0 Å². The molecular formula is C16H13Cl2NO. The maximum atomic E-state index is 5.99. The van der Waals surface area contributed by atoms with Crippen molar-refractivity contribution in [1.82, 2.24) is 0 Å². The molecule has 3 aromatic rings. The minimum Gasteiger partial charge on any atom is -0.461 e. The molecule has 0 aliphatic heterocycles. The van der Waals surface area contributed by atoms with Gasteiger partial charge in [0.15, 0.2) is 0 Å². The number of benzene rings is 2. The highest BCUT2D eigenvalue weighted by Gasteiger charge is 2.10. The number of hydrogen-bond donors (Lipinski definition) is 1. The predicted octanol–water partition coefficient (Wildman–Crippen LogP) is 5.66. The van der Waals surface area contributed by atoms with Crippen LogP contribution in [0, 0.1) is 6.92 Å². The molecule has 0 amide bonds. The summed E-state index contributed by atoms with van der Waals surface area (Å²) in [4.78, 5) is 0. The van der Waals surface area contributed by atoms with Crippen LogP contribution in [0.15, 0.2) is 46.9 Å². The van der Waals surface area contributed by atoms with Gasteiger partial charge in [-0.1, -0.05) is 41.4 Å². The number of nitrogens with one attached hydrogen (secondary N) is 1. The molecule has 0 spiro atoms. The van der Waals surface area contributed by atoms with E-state index in [1.54, 1.807) is 6.07 Å². The van der Waals surface area contributed by atoms with Gasteiger partial charge in [-0.05, 0) is 31.2 Å². The van der Waals surface area contributed by atoms with E-state index in [1.165, 1.54) is 0 Å². The van der Waals surface area contributed by atoms with Crippen molar-refractivity contribution in [3.05, 3.63) is 63.8 Å². The van der Waals surface area contributed by atoms with Crippen LogP contribution in [-0.2, 0) is 6.54 Å². The van der Waals surface area contributed by atoms with Crippen LogP contribution < -0.4 is 5.32 Å². The van der Waals surface area contributed by atoms with E-state index >= 15 is 0 Å². The lowest BCUT2D eigenvalue weighted by molar-refractivity contribution is 0.573. The van der Waals surface area contributed by atoms with E-state index in [4.69, 9.17) is 27.6 Å². The number of fused-ring (bicyclic) bond motifs is 1. The summed E-state index contributed by atoms with van der Waals surface area (Å²) in [5, 5.41) is 5.70. The standard InChI is InChI=1S/C16H13Cl2NO/c1-10-15(14-4-2-3-5-16(14)20-10)9-19-13-7-11(17)6-12(18)8-13/h2-8,19H,9H2,1H3. The van der Waals surface area contributed by atoms with Crippen LogP contribution in [0.3, 0.4) is 0 Å². The zero-order valence-corrected chi connectivity index (χ0v) is 12.4. The minimum absolute atomic E-state index is 0.619. The molecule has 0 fully saturated rings. The molecule has 0 aliphatic carbocycles. The molecule has 102 valence electrons. The summed E-state index contributed by atoms with van der Waals surface area (Å²) in [6.45, 7) is 2.64. The summed E-state index contributed by atoms with van der Waals surface area (Å²) in [7, 11) is 0. The van der Waals surface area contributed by atoms with E-state index in [0.717, 1.165) is 28.0 Å². The quantitative estimate of drug-likeness (QED) is 0.675. The van der Waals surface area contributed by atoms with Gasteiger partial charge in [-0.25, -0.2) is 0 Å². The fraction of sp³-hybridized carbons (Fsp3) is 0.125. The maximum absolute atomic E-state index is 5.99. The molecule has 0 saturated heterocycles. The predicted molar refractivity (Wildman–Crippen MR) is 84.7 cm³/mol. The maximum Gasteiger partial charge on any atom is 0.134 e. The second-order valence-electron chi connectivity index (χ2n) is 4.64. The van der Waals surface area contributed by atoms with E-state index in [0.29, 0.717) is 16.6 Å². The fourth-order valence-electron chi connectivity index (χ4n) is 2.29. The van der Waals surface area contributed by atoms with Crippen LogP contribution in [0.1, 0.15) is 11.3 Å². The van der Waals surface area contributed by atoms with Crippen molar-refractivity contribution < 1.29 is 4.42 Å². The van der Waals surface area contributed by atoms with Crippen molar-refractivity contribution in [3.8, 4) is 0 Å². The van der Waals surface area contributed by atoms with Crippen molar-refractivity contribution in [2.45, 2.75) is 13.5 Å². The van der Waals surface area contributed by atoms with Crippen molar-refractivity contribution in [2.24, 2.45) is 0 Å². The normalized spacial score (nSPS) is 10.9. The van der Waals surface area contributed by atoms with Crippen molar-refractivity contribution >= 4 is 39.9 Å². The summed E-state index contributed by atoms with van der Waals surface area (Å²) in [6, 6.07) is 13.4. The fourth-order valence-corrected chi connectivity index (χ4v) is 2.81. The Balaban J connectivity index is 1.88. The highest BCUT2D eigenvalue weighted by Crippen LogP contribution is 2.27.